The van der Waals surface area contributed by atoms with Crippen molar-refractivity contribution in [3.05, 3.63) is 57.0 Å². The standard InChI is InChI=1S/C13H14BrN3O/c1-2-15-12-5-3-10(7-16-12)8-17-9-11(14)4-6-13(17)18/h3-7,9H,2,8H2,1H3,(H,15,16). The third-order valence-corrected chi connectivity index (χ3v) is 2.95. The molecule has 0 saturated carbocycles. The van der Waals surface area contributed by atoms with E-state index in [2.05, 4.69) is 26.2 Å². The highest BCUT2D eigenvalue weighted by Crippen LogP contribution is 2.08. The van der Waals surface area contributed by atoms with Crippen molar-refractivity contribution >= 4 is 21.7 Å². The van der Waals surface area contributed by atoms with Gasteiger partial charge in [0.1, 0.15) is 5.82 Å². The molecule has 2 rings (SSSR count). The van der Waals surface area contributed by atoms with Crippen molar-refractivity contribution in [3.8, 4) is 0 Å². The van der Waals surface area contributed by atoms with E-state index in [0.29, 0.717) is 6.54 Å². The second-order valence-corrected chi connectivity index (χ2v) is 4.81. The van der Waals surface area contributed by atoms with E-state index in [-0.39, 0.29) is 5.56 Å². The summed E-state index contributed by atoms with van der Waals surface area (Å²) in [5.41, 5.74) is 0.978. The molecule has 0 aliphatic heterocycles. The van der Waals surface area contributed by atoms with Crippen LogP contribution in [0.2, 0.25) is 0 Å². The average molecular weight is 308 g/mol. The predicted octanol–water partition coefficient (Wildman–Crippen LogP) is 2.49. The first-order chi connectivity index (χ1) is 8.69. The molecule has 0 aliphatic rings. The van der Waals surface area contributed by atoms with Crippen LogP contribution in [0.3, 0.4) is 0 Å². The van der Waals surface area contributed by atoms with E-state index in [0.717, 1.165) is 22.4 Å². The van der Waals surface area contributed by atoms with Crippen LogP contribution >= 0.6 is 15.9 Å². The lowest BCUT2D eigenvalue weighted by Gasteiger charge is -2.07. The minimum Gasteiger partial charge on any atom is -0.370 e. The number of rotatable bonds is 4. The maximum absolute atomic E-state index is 11.7. The van der Waals surface area contributed by atoms with Gasteiger partial charge in [0.2, 0.25) is 0 Å². The quantitative estimate of drug-likeness (QED) is 0.944. The maximum Gasteiger partial charge on any atom is 0.250 e. The summed E-state index contributed by atoms with van der Waals surface area (Å²) in [6.07, 6.45) is 3.56. The molecule has 0 radical (unpaired) electrons. The zero-order valence-electron chi connectivity index (χ0n) is 10.1. The molecule has 0 aliphatic carbocycles. The molecule has 0 spiro atoms. The molecule has 2 aromatic heterocycles. The third-order valence-electron chi connectivity index (χ3n) is 2.48. The molecule has 2 heterocycles. The van der Waals surface area contributed by atoms with Gasteiger partial charge in [-0.05, 0) is 40.5 Å². The van der Waals surface area contributed by atoms with Crippen molar-refractivity contribution in [2.75, 3.05) is 11.9 Å². The first-order valence-corrected chi connectivity index (χ1v) is 6.53. The normalized spacial score (nSPS) is 10.3. The third kappa shape index (κ3) is 3.20. The molecule has 0 aromatic carbocycles. The van der Waals surface area contributed by atoms with Crippen LogP contribution in [0.15, 0.2) is 45.9 Å². The van der Waals surface area contributed by atoms with Gasteiger partial charge in [-0.25, -0.2) is 4.98 Å². The Hall–Kier alpha value is -1.62. The zero-order chi connectivity index (χ0) is 13.0. The van der Waals surface area contributed by atoms with Crippen molar-refractivity contribution in [2.45, 2.75) is 13.5 Å². The molecule has 1 N–H and O–H groups in total. The molecule has 0 saturated heterocycles. The van der Waals surface area contributed by atoms with Gasteiger partial charge in [0, 0.05) is 29.5 Å². The molecule has 0 atom stereocenters. The highest BCUT2D eigenvalue weighted by atomic mass is 79.9. The summed E-state index contributed by atoms with van der Waals surface area (Å²) in [5.74, 6) is 0.850. The Morgan fingerprint density at radius 2 is 2.17 bits per heavy atom. The fourth-order valence-corrected chi connectivity index (χ4v) is 2.01. The molecular formula is C13H14BrN3O. The first-order valence-electron chi connectivity index (χ1n) is 5.74. The zero-order valence-corrected chi connectivity index (χ0v) is 11.6. The van der Waals surface area contributed by atoms with Crippen LogP contribution in [0.5, 0.6) is 0 Å². The van der Waals surface area contributed by atoms with E-state index in [1.54, 1.807) is 29.1 Å². The highest BCUT2D eigenvalue weighted by molar-refractivity contribution is 9.10. The van der Waals surface area contributed by atoms with Crippen molar-refractivity contribution in [1.29, 1.82) is 0 Å². The first kappa shape index (κ1) is 12.8. The van der Waals surface area contributed by atoms with E-state index in [4.69, 9.17) is 0 Å². The Morgan fingerprint density at radius 3 is 2.83 bits per heavy atom. The van der Waals surface area contributed by atoms with Crippen LogP contribution in [0, 0.1) is 0 Å². The lowest BCUT2D eigenvalue weighted by atomic mass is 10.2. The van der Waals surface area contributed by atoms with Crippen molar-refractivity contribution in [1.82, 2.24) is 9.55 Å². The molecule has 2 aromatic rings. The molecule has 0 bridgehead atoms. The van der Waals surface area contributed by atoms with Crippen molar-refractivity contribution in [2.24, 2.45) is 0 Å². The lowest BCUT2D eigenvalue weighted by Crippen LogP contribution is -2.18. The van der Waals surface area contributed by atoms with Gasteiger partial charge in [0.05, 0.1) is 6.54 Å². The number of pyridine rings is 2. The molecule has 94 valence electrons. The van der Waals surface area contributed by atoms with Crippen LogP contribution in [0.25, 0.3) is 0 Å². The fourth-order valence-electron chi connectivity index (χ4n) is 1.63. The number of halogens is 1. The Labute approximate surface area is 114 Å². The molecule has 5 heteroatoms. The monoisotopic (exact) mass is 307 g/mol. The van der Waals surface area contributed by atoms with E-state index in [9.17, 15) is 4.79 Å². The van der Waals surface area contributed by atoms with Gasteiger partial charge in [-0.1, -0.05) is 6.07 Å². The van der Waals surface area contributed by atoms with Crippen molar-refractivity contribution in [3.63, 3.8) is 0 Å². The Kier molecular flexibility index (Phi) is 4.15. The van der Waals surface area contributed by atoms with Crippen LogP contribution in [-0.2, 0) is 6.54 Å². The summed E-state index contributed by atoms with van der Waals surface area (Å²) >= 11 is 3.36. The van der Waals surface area contributed by atoms with Crippen LogP contribution < -0.4 is 10.9 Å². The fraction of sp³-hybridized carbons (Fsp3) is 0.231. The predicted molar refractivity (Wildman–Crippen MR) is 75.9 cm³/mol. The van der Waals surface area contributed by atoms with Gasteiger partial charge in [0.15, 0.2) is 0 Å². The topological polar surface area (TPSA) is 46.9 Å². The molecule has 18 heavy (non-hydrogen) atoms. The minimum absolute atomic E-state index is 0.0195. The van der Waals surface area contributed by atoms with Crippen molar-refractivity contribution < 1.29 is 0 Å². The Bertz CT molecular complexity index is 578. The highest BCUT2D eigenvalue weighted by Gasteiger charge is 2.00. The van der Waals surface area contributed by atoms with Gasteiger partial charge in [-0.3, -0.25) is 4.79 Å². The SMILES string of the molecule is CCNc1ccc(Cn2cc(Br)ccc2=O)cn1. The Balaban J connectivity index is 2.18. The van der Waals surface area contributed by atoms with Gasteiger partial charge in [-0.15, -0.1) is 0 Å². The minimum atomic E-state index is -0.0195. The van der Waals surface area contributed by atoms with Gasteiger partial charge in [0.25, 0.3) is 5.56 Å². The summed E-state index contributed by atoms with van der Waals surface area (Å²) < 4.78 is 2.54. The number of nitrogens with one attached hydrogen (secondary N) is 1. The summed E-state index contributed by atoms with van der Waals surface area (Å²) in [5, 5.41) is 3.13. The molecule has 4 nitrogen and oxygen atoms in total. The van der Waals surface area contributed by atoms with Crippen LogP contribution in [-0.4, -0.2) is 16.1 Å². The number of nitrogens with zero attached hydrogens (tertiary/aromatic N) is 2. The second kappa shape index (κ2) is 5.82. The van der Waals surface area contributed by atoms with Gasteiger partial charge in [-0.2, -0.15) is 0 Å². The summed E-state index contributed by atoms with van der Waals surface area (Å²) in [6.45, 7) is 3.39. The summed E-state index contributed by atoms with van der Waals surface area (Å²) in [4.78, 5) is 15.9. The van der Waals surface area contributed by atoms with E-state index >= 15 is 0 Å². The van der Waals surface area contributed by atoms with E-state index < -0.39 is 0 Å². The average Bonchev–Trinajstić information content (AvgIpc) is 2.37. The largest absolute Gasteiger partial charge is 0.370 e. The van der Waals surface area contributed by atoms with E-state index in [1.807, 2.05) is 19.1 Å². The molecular weight excluding hydrogens is 294 g/mol. The maximum atomic E-state index is 11.7. The molecule has 0 unspecified atom stereocenters. The lowest BCUT2D eigenvalue weighted by molar-refractivity contribution is 0.753. The second-order valence-electron chi connectivity index (χ2n) is 3.90. The van der Waals surface area contributed by atoms with Crippen LogP contribution in [0.1, 0.15) is 12.5 Å². The number of hydrogen-bond acceptors (Lipinski definition) is 3. The number of anilines is 1. The smallest absolute Gasteiger partial charge is 0.250 e. The number of hydrogen-bond donors (Lipinski definition) is 1. The summed E-state index contributed by atoms with van der Waals surface area (Å²) in [7, 11) is 0. The Morgan fingerprint density at radius 1 is 1.33 bits per heavy atom. The number of aromatic nitrogens is 2. The van der Waals surface area contributed by atoms with E-state index in [1.165, 1.54) is 0 Å². The van der Waals surface area contributed by atoms with Gasteiger partial charge >= 0.3 is 0 Å². The summed E-state index contributed by atoms with van der Waals surface area (Å²) in [6, 6.07) is 7.18. The molecule has 0 amide bonds. The van der Waals surface area contributed by atoms with Crippen LogP contribution in [0.4, 0.5) is 5.82 Å². The van der Waals surface area contributed by atoms with Gasteiger partial charge < -0.3 is 9.88 Å². The molecule has 0 fully saturated rings.